The van der Waals surface area contributed by atoms with Crippen LogP contribution in [0, 0.1) is 22.7 Å². The number of fused-ring (bicyclic) bond motifs is 3. The summed E-state index contributed by atoms with van der Waals surface area (Å²) in [5, 5.41) is 31.0. The molecule has 0 aliphatic carbocycles. The molecule has 0 spiro atoms. The SMILES string of the molecule is N#Cc1ccc2c(c1)c1cc(C#N)ccc1n2CC(O)CSc1ccccc1. The Hall–Kier alpha value is -3.25. The number of aliphatic hydroxyl groups is 1. The molecule has 0 amide bonds. The van der Waals surface area contributed by atoms with Crippen molar-refractivity contribution in [3.8, 4) is 12.1 Å². The minimum absolute atomic E-state index is 0.442. The fourth-order valence-electron chi connectivity index (χ4n) is 3.41. The minimum Gasteiger partial charge on any atom is -0.390 e. The van der Waals surface area contributed by atoms with Crippen molar-refractivity contribution in [3.05, 3.63) is 77.9 Å². The van der Waals surface area contributed by atoms with Crippen molar-refractivity contribution < 1.29 is 5.11 Å². The zero-order valence-electron chi connectivity index (χ0n) is 15.0. The van der Waals surface area contributed by atoms with Gasteiger partial charge >= 0.3 is 0 Å². The van der Waals surface area contributed by atoms with E-state index in [0.717, 1.165) is 26.7 Å². The van der Waals surface area contributed by atoms with Gasteiger partial charge < -0.3 is 9.67 Å². The summed E-state index contributed by atoms with van der Waals surface area (Å²) in [6.07, 6.45) is -0.532. The number of nitrogens with zero attached hydrogens (tertiary/aromatic N) is 3. The molecule has 0 saturated heterocycles. The van der Waals surface area contributed by atoms with Crippen molar-refractivity contribution in [2.24, 2.45) is 0 Å². The van der Waals surface area contributed by atoms with Crippen molar-refractivity contribution >= 4 is 33.6 Å². The molecule has 28 heavy (non-hydrogen) atoms. The van der Waals surface area contributed by atoms with Gasteiger partial charge in [0.1, 0.15) is 0 Å². The van der Waals surface area contributed by atoms with Crippen LogP contribution >= 0.6 is 11.8 Å². The fourth-order valence-corrected chi connectivity index (χ4v) is 4.25. The molecule has 0 bridgehead atoms. The zero-order chi connectivity index (χ0) is 19.5. The molecule has 0 fully saturated rings. The van der Waals surface area contributed by atoms with E-state index in [-0.39, 0.29) is 0 Å². The highest BCUT2D eigenvalue weighted by molar-refractivity contribution is 7.99. The third-order valence-corrected chi connectivity index (χ3v) is 5.86. The number of nitriles is 2. The number of aliphatic hydroxyl groups excluding tert-OH is 1. The van der Waals surface area contributed by atoms with Gasteiger partial charge in [0.25, 0.3) is 0 Å². The van der Waals surface area contributed by atoms with E-state index in [1.165, 1.54) is 0 Å². The zero-order valence-corrected chi connectivity index (χ0v) is 15.9. The van der Waals surface area contributed by atoms with E-state index >= 15 is 0 Å². The quantitative estimate of drug-likeness (QED) is 0.507. The van der Waals surface area contributed by atoms with Gasteiger partial charge in [-0.15, -0.1) is 11.8 Å². The second-order valence-corrected chi connectivity index (χ2v) is 7.67. The van der Waals surface area contributed by atoms with Crippen molar-refractivity contribution in [3.63, 3.8) is 0 Å². The summed E-state index contributed by atoms with van der Waals surface area (Å²) in [6, 6.07) is 25.5. The third kappa shape index (κ3) is 3.46. The molecule has 136 valence electrons. The van der Waals surface area contributed by atoms with Gasteiger partial charge in [-0.1, -0.05) is 18.2 Å². The summed E-state index contributed by atoms with van der Waals surface area (Å²) in [4.78, 5) is 1.13. The summed E-state index contributed by atoms with van der Waals surface area (Å²) < 4.78 is 2.07. The molecular weight excluding hydrogens is 366 g/mol. The predicted molar refractivity (Wildman–Crippen MR) is 112 cm³/mol. The first kappa shape index (κ1) is 18.1. The first-order valence-electron chi connectivity index (χ1n) is 8.91. The van der Waals surface area contributed by atoms with Gasteiger partial charge in [-0.3, -0.25) is 0 Å². The Kier molecular flexibility index (Phi) is 5.04. The lowest BCUT2D eigenvalue weighted by molar-refractivity contribution is 0.181. The maximum absolute atomic E-state index is 10.7. The predicted octanol–water partition coefficient (Wildman–Crippen LogP) is 4.69. The summed E-state index contributed by atoms with van der Waals surface area (Å²) in [7, 11) is 0. The second-order valence-electron chi connectivity index (χ2n) is 6.58. The van der Waals surface area contributed by atoms with E-state index in [2.05, 4.69) is 16.7 Å². The van der Waals surface area contributed by atoms with E-state index in [0.29, 0.717) is 23.4 Å². The van der Waals surface area contributed by atoms with Crippen LogP contribution in [0.25, 0.3) is 21.8 Å². The Morgan fingerprint density at radius 3 is 1.96 bits per heavy atom. The first-order valence-corrected chi connectivity index (χ1v) is 9.90. The molecule has 1 aromatic heterocycles. The van der Waals surface area contributed by atoms with Crippen LogP contribution < -0.4 is 0 Å². The van der Waals surface area contributed by atoms with Gasteiger partial charge in [0.2, 0.25) is 0 Å². The van der Waals surface area contributed by atoms with Crippen LogP contribution in [0.2, 0.25) is 0 Å². The Morgan fingerprint density at radius 1 is 0.857 bits per heavy atom. The fraction of sp³-hybridized carbons (Fsp3) is 0.130. The lowest BCUT2D eigenvalue weighted by atomic mass is 10.1. The molecule has 4 aromatic rings. The molecule has 1 atom stereocenters. The highest BCUT2D eigenvalue weighted by Crippen LogP contribution is 2.31. The molecule has 3 aromatic carbocycles. The van der Waals surface area contributed by atoms with E-state index in [9.17, 15) is 15.6 Å². The van der Waals surface area contributed by atoms with Crippen LogP contribution in [0.4, 0.5) is 0 Å². The minimum atomic E-state index is -0.532. The van der Waals surface area contributed by atoms with Gasteiger partial charge in [0, 0.05) is 39.0 Å². The average Bonchev–Trinajstić information content (AvgIpc) is 3.05. The summed E-state index contributed by atoms with van der Waals surface area (Å²) >= 11 is 1.62. The van der Waals surface area contributed by atoms with Crippen LogP contribution in [-0.2, 0) is 6.54 Å². The van der Waals surface area contributed by atoms with Crippen molar-refractivity contribution in [1.82, 2.24) is 4.57 Å². The van der Waals surface area contributed by atoms with E-state index in [1.807, 2.05) is 54.6 Å². The van der Waals surface area contributed by atoms with Gasteiger partial charge in [-0.25, -0.2) is 0 Å². The van der Waals surface area contributed by atoms with Gasteiger partial charge in [0.05, 0.1) is 29.4 Å². The van der Waals surface area contributed by atoms with E-state index in [4.69, 9.17) is 0 Å². The average molecular weight is 383 g/mol. The van der Waals surface area contributed by atoms with E-state index in [1.54, 1.807) is 23.9 Å². The standard InChI is InChI=1S/C23H17N3OS/c24-12-16-6-8-22-20(10-16)21-11-17(13-25)7-9-23(21)26(22)14-18(27)15-28-19-4-2-1-3-5-19/h1-11,18,27H,14-15H2. The van der Waals surface area contributed by atoms with Crippen molar-refractivity contribution in [2.45, 2.75) is 17.5 Å². The maximum Gasteiger partial charge on any atom is 0.0991 e. The summed E-state index contributed by atoms with van der Waals surface area (Å²) in [5.74, 6) is 0.581. The molecule has 1 unspecified atom stereocenters. The van der Waals surface area contributed by atoms with Crippen molar-refractivity contribution in [1.29, 1.82) is 10.5 Å². The second kappa shape index (κ2) is 7.78. The maximum atomic E-state index is 10.7. The van der Waals surface area contributed by atoms with Crippen LogP contribution in [0.3, 0.4) is 0 Å². The lowest BCUT2D eigenvalue weighted by Crippen LogP contribution is -2.18. The van der Waals surface area contributed by atoms with Gasteiger partial charge in [-0.2, -0.15) is 10.5 Å². The number of hydrogen-bond donors (Lipinski definition) is 1. The van der Waals surface area contributed by atoms with Crippen LogP contribution in [0.1, 0.15) is 11.1 Å². The first-order chi connectivity index (χ1) is 13.7. The molecular formula is C23H17N3OS. The molecule has 1 heterocycles. The lowest BCUT2D eigenvalue weighted by Gasteiger charge is -2.14. The van der Waals surface area contributed by atoms with Gasteiger partial charge in [0.15, 0.2) is 0 Å². The largest absolute Gasteiger partial charge is 0.390 e. The topological polar surface area (TPSA) is 72.7 Å². The summed E-state index contributed by atoms with van der Waals surface area (Å²) in [6.45, 7) is 0.442. The Balaban J connectivity index is 1.71. The number of aromatic nitrogens is 1. The van der Waals surface area contributed by atoms with Crippen LogP contribution in [-0.4, -0.2) is 21.5 Å². The summed E-state index contributed by atoms with van der Waals surface area (Å²) in [5.41, 5.74) is 3.06. The monoisotopic (exact) mass is 383 g/mol. The molecule has 0 aliphatic heterocycles. The Morgan fingerprint density at radius 2 is 1.43 bits per heavy atom. The third-order valence-electron chi connectivity index (χ3n) is 4.70. The van der Waals surface area contributed by atoms with E-state index < -0.39 is 6.10 Å². The molecule has 1 N–H and O–H groups in total. The molecule has 4 rings (SSSR count). The van der Waals surface area contributed by atoms with Crippen molar-refractivity contribution in [2.75, 3.05) is 5.75 Å². The Labute approximate surface area is 167 Å². The molecule has 5 heteroatoms. The van der Waals surface area contributed by atoms with Crippen LogP contribution in [0.15, 0.2) is 71.6 Å². The number of thioether (sulfide) groups is 1. The Bertz CT molecular complexity index is 1160. The number of benzene rings is 3. The smallest absolute Gasteiger partial charge is 0.0991 e. The molecule has 0 saturated carbocycles. The normalized spacial score (nSPS) is 12.0. The number of hydrogen-bond acceptors (Lipinski definition) is 4. The van der Waals surface area contributed by atoms with Gasteiger partial charge in [-0.05, 0) is 48.5 Å². The molecule has 4 nitrogen and oxygen atoms in total. The highest BCUT2D eigenvalue weighted by atomic mass is 32.2. The van der Waals surface area contributed by atoms with Crippen LogP contribution in [0.5, 0.6) is 0 Å². The highest BCUT2D eigenvalue weighted by Gasteiger charge is 2.15. The molecule has 0 radical (unpaired) electrons. The number of rotatable bonds is 5. The molecule has 0 aliphatic rings.